The van der Waals surface area contributed by atoms with E-state index in [4.69, 9.17) is 4.42 Å². The first kappa shape index (κ1) is 14.5. The molecule has 0 unspecified atom stereocenters. The third-order valence-electron chi connectivity index (χ3n) is 3.09. The van der Waals surface area contributed by atoms with Crippen LogP contribution in [0, 0.1) is 5.82 Å². The van der Waals surface area contributed by atoms with Crippen LogP contribution in [0.3, 0.4) is 0 Å². The van der Waals surface area contributed by atoms with Crippen molar-refractivity contribution in [2.45, 2.75) is 0 Å². The molecule has 0 aliphatic heterocycles. The highest BCUT2D eigenvalue weighted by atomic mass is 79.9. The van der Waals surface area contributed by atoms with Gasteiger partial charge in [-0.15, -0.1) is 0 Å². The van der Waals surface area contributed by atoms with Crippen LogP contribution >= 0.6 is 15.9 Å². The molecule has 3 rings (SSSR count). The first-order chi connectivity index (χ1) is 10.6. The van der Waals surface area contributed by atoms with Gasteiger partial charge in [0.25, 0.3) is 5.91 Å². The second-order valence-corrected chi connectivity index (χ2v) is 5.43. The van der Waals surface area contributed by atoms with Gasteiger partial charge >= 0.3 is 0 Å². The molecule has 0 aliphatic carbocycles. The predicted octanol–water partition coefficient (Wildman–Crippen LogP) is 5.10. The number of amides is 1. The van der Waals surface area contributed by atoms with E-state index in [0.29, 0.717) is 17.0 Å². The van der Waals surface area contributed by atoms with Crippen LogP contribution in [0.5, 0.6) is 0 Å². The Bertz CT molecular complexity index is 829. The Hall–Kier alpha value is -2.40. The Kier molecular flexibility index (Phi) is 4.06. The number of halogens is 2. The van der Waals surface area contributed by atoms with Crippen molar-refractivity contribution in [1.29, 1.82) is 0 Å². The van der Waals surface area contributed by atoms with Gasteiger partial charge in [0, 0.05) is 4.47 Å². The van der Waals surface area contributed by atoms with E-state index in [2.05, 4.69) is 21.2 Å². The molecule has 1 N–H and O–H groups in total. The largest absolute Gasteiger partial charge is 0.451 e. The van der Waals surface area contributed by atoms with Gasteiger partial charge in [-0.2, -0.15) is 0 Å². The second-order valence-electron chi connectivity index (χ2n) is 4.58. The number of carbonyl (C=O) groups is 1. The summed E-state index contributed by atoms with van der Waals surface area (Å²) in [4.78, 5) is 12.2. The van der Waals surface area contributed by atoms with Gasteiger partial charge in [0.2, 0.25) is 0 Å². The molecule has 1 heterocycles. The molecule has 0 bridgehead atoms. The minimum Gasteiger partial charge on any atom is -0.451 e. The van der Waals surface area contributed by atoms with Gasteiger partial charge in [0.1, 0.15) is 11.6 Å². The summed E-state index contributed by atoms with van der Waals surface area (Å²) in [7, 11) is 0. The molecule has 22 heavy (non-hydrogen) atoms. The minimum atomic E-state index is -0.394. The van der Waals surface area contributed by atoms with E-state index >= 15 is 0 Å². The molecule has 0 spiro atoms. The zero-order chi connectivity index (χ0) is 15.5. The highest BCUT2D eigenvalue weighted by Crippen LogP contribution is 2.26. The third-order valence-corrected chi connectivity index (χ3v) is 3.78. The highest BCUT2D eigenvalue weighted by Gasteiger charge is 2.15. The lowest BCUT2D eigenvalue weighted by molar-refractivity contribution is 0.0997. The fourth-order valence-corrected chi connectivity index (χ4v) is 2.40. The van der Waals surface area contributed by atoms with E-state index in [-0.39, 0.29) is 5.76 Å². The van der Waals surface area contributed by atoms with Crippen LogP contribution in [0.15, 0.2) is 69.6 Å². The van der Waals surface area contributed by atoms with E-state index < -0.39 is 11.7 Å². The Morgan fingerprint density at radius 2 is 1.73 bits per heavy atom. The molecule has 0 aliphatic rings. The number of benzene rings is 2. The van der Waals surface area contributed by atoms with E-state index in [1.54, 1.807) is 30.3 Å². The maximum absolute atomic E-state index is 13.7. The first-order valence-corrected chi connectivity index (χ1v) is 7.35. The zero-order valence-electron chi connectivity index (χ0n) is 11.3. The molecule has 1 aromatic heterocycles. The molecule has 3 aromatic rings. The molecular weight excluding hydrogens is 349 g/mol. The van der Waals surface area contributed by atoms with Gasteiger partial charge in [-0.05, 0) is 52.3 Å². The SMILES string of the molecule is O=C(Nc1ccccc1Br)c1ccc(-c2ccccc2F)o1. The smallest absolute Gasteiger partial charge is 0.291 e. The van der Waals surface area contributed by atoms with Crippen molar-refractivity contribution >= 4 is 27.5 Å². The van der Waals surface area contributed by atoms with Crippen molar-refractivity contribution < 1.29 is 13.6 Å². The second kappa shape index (κ2) is 6.15. The van der Waals surface area contributed by atoms with E-state index in [9.17, 15) is 9.18 Å². The summed E-state index contributed by atoms with van der Waals surface area (Å²) in [5.41, 5.74) is 0.957. The van der Waals surface area contributed by atoms with Gasteiger partial charge < -0.3 is 9.73 Å². The summed E-state index contributed by atoms with van der Waals surface area (Å²) in [6.07, 6.45) is 0. The average molecular weight is 360 g/mol. The summed E-state index contributed by atoms with van der Waals surface area (Å²) in [6.45, 7) is 0. The highest BCUT2D eigenvalue weighted by molar-refractivity contribution is 9.10. The molecule has 0 saturated heterocycles. The maximum atomic E-state index is 13.7. The summed E-state index contributed by atoms with van der Waals surface area (Å²) in [5.74, 6) is -0.353. The monoisotopic (exact) mass is 359 g/mol. The number of nitrogens with one attached hydrogen (secondary N) is 1. The van der Waals surface area contributed by atoms with Crippen molar-refractivity contribution in [2.24, 2.45) is 0 Å². The number of carbonyl (C=O) groups excluding carboxylic acids is 1. The van der Waals surface area contributed by atoms with Crippen molar-refractivity contribution in [3.63, 3.8) is 0 Å². The molecule has 0 fully saturated rings. The number of hydrogen-bond donors (Lipinski definition) is 1. The predicted molar refractivity (Wildman–Crippen MR) is 86.2 cm³/mol. The number of rotatable bonds is 3. The number of furan rings is 1. The molecule has 110 valence electrons. The summed E-state index contributed by atoms with van der Waals surface area (Å²) >= 11 is 3.35. The van der Waals surface area contributed by atoms with Crippen LogP contribution in [-0.2, 0) is 0 Å². The van der Waals surface area contributed by atoms with E-state index in [1.807, 2.05) is 18.2 Å². The van der Waals surface area contributed by atoms with Gasteiger partial charge in [0.05, 0.1) is 11.3 Å². The minimum absolute atomic E-state index is 0.119. The van der Waals surface area contributed by atoms with Crippen LogP contribution in [0.25, 0.3) is 11.3 Å². The van der Waals surface area contributed by atoms with Crippen LogP contribution in [0.4, 0.5) is 10.1 Å². The summed E-state index contributed by atoms with van der Waals surface area (Å²) in [5, 5.41) is 2.73. The third kappa shape index (κ3) is 2.94. The van der Waals surface area contributed by atoms with Gasteiger partial charge in [-0.25, -0.2) is 4.39 Å². The van der Waals surface area contributed by atoms with Gasteiger partial charge in [-0.1, -0.05) is 24.3 Å². The molecule has 0 radical (unpaired) electrons. The lowest BCUT2D eigenvalue weighted by Crippen LogP contribution is -2.11. The van der Waals surface area contributed by atoms with Gasteiger partial charge in [-0.3, -0.25) is 4.79 Å². The fraction of sp³-hybridized carbons (Fsp3) is 0. The summed E-state index contributed by atoms with van der Waals surface area (Å²) < 4.78 is 19.9. The Balaban J connectivity index is 1.84. The van der Waals surface area contributed by atoms with Crippen LogP contribution in [-0.4, -0.2) is 5.91 Å². The van der Waals surface area contributed by atoms with Crippen LogP contribution in [0.2, 0.25) is 0 Å². The number of anilines is 1. The lowest BCUT2D eigenvalue weighted by atomic mass is 10.1. The average Bonchev–Trinajstić information content (AvgIpc) is 3.00. The molecule has 0 saturated carbocycles. The van der Waals surface area contributed by atoms with Crippen molar-refractivity contribution in [1.82, 2.24) is 0 Å². The van der Waals surface area contributed by atoms with Gasteiger partial charge in [0.15, 0.2) is 5.76 Å². The molecule has 1 amide bonds. The topological polar surface area (TPSA) is 42.2 Å². The molecule has 5 heteroatoms. The van der Waals surface area contributed by atoms with E-state index in [0.717, 1.165) is 4.47 Å². The zero-order valence-corrected chi connectivity index (χ0v) is 12.9. The quantitative estimate of drug-likeness (QED) is 0.706. The van der Waals surface area contributed by atoms with E-state index in [1.165, 1.54) is 12.1 Å². The summed E-state index contributed by atoms with van der Waals surface area (Å²) in [6, 6.07) is 16.6. The Morgan fingerprint density at radius 1 is 1.00 bits per heavy atom. The normalized spacial score (nSPS) is 10.5. The lowest BCUT2D eigenvalue weighted by Gasteiger charge is -2.05. The molecule has 3 nitrogen and oxygen atoms in total. The molecule has 0 atom stereocenters. The molecule has 2 aromatic carbocycles. The van der Waals surface area contributed by atoms with Crippen molar-refractivity contribution in [3.8, 4) is 11.3 Å². The van der Waals surface area contributed by atoms with Crippen LogP contribution < -0.4 is 5.32 Å². The standard InChI is InChI=1S/C17H11BrFNO2/c18-12-6-2-4-8-14(12)20-17(21)16-10-9-15(22-16)11-5-1-3-7-13(11)19/h1-10H,(H,20,21). The number of para-hydroxylation sites is 1. The maximum Gasteiger partial charge on any atom is 0.291 e. The van der Waals surface area contributed by atoms with Crippen molar-refractivity contribution in [3.05, 3.63) is 76.7 Å². The van der Waals surface area contributed by atoms with Crippen molar-refractivity contribution in [2.75, 3.05) is 5.32 Å². The Morgan fingerprint density at radius 3 is 2.50 bits per heavy atom. The fourth-order valence-electron chi connectivity index (χ4n) is 2.01. The number of hydrogen-bond acceptors (Lipinski definition) is 2. The first-order valence-electron chi connectivity index (χ1n) is 6.56. The molecular formula is C17H11BrFNO2. The van der Waals surface area contributed by atoms with Crippen LogP contribution in [0.1, 0.15) is 10.6 Å². The Labute approximate surface area is 134 Å².